The Morgan fingerprint density at radius 3 is 3.00 bits per heavy atom. The highest BCUT2D eigenvalue weighted by atomic mass is 32.2. The van der Waals surface area contributed by atoms with Gasteiger partial charge in [-0.05, 0) is 31.4 Å². The molecule has 8 heteroatoms. The number of carbonyl (C=O) groups is 1. The van der Waals surface area contributed by atoms with Gasteiger partial charge in [-0.2, -0.15) is 4.31 Å². The molecule has 7 nitrogen and oxygen atoms in total. The highest BCUT2D eigenvalue weighted by Crippen LogP contribution is 2.29. The Bertz CT molecular complexity index is 784. The van der Waals surface area contributed by atoms with Crippen molar-refractivity contribution in [3.8, 4) is 0 Å². The molecule has 0 aliphatic carbocycles. The van der Waals surface area contributed by atoms with Gasteiger partial charge in [-0.15, -0.1) is 0 Å². The number of aromatic amines is 1. The van der Waals surface area contributed by atoms with Crippen molar-refractivity contribution < 1.29 is 18.3 Å². The Hall–Kier alpha value is -1.93. The van der Waals surface area contributed by atoms with Gasteiger partial charge in [0, 0.05) is 24.3 Å². The molecule has 1 aliphatic rings. The van der Waals surface area contributed by atoms with Crippen LogP contribution < -0.4 is 0 Å². The van der Waals surface area contributed by atoms with Crippen LogP contribution in [0.25, 0.3) is 11.0 Å². The summed E-state index contributed by atoms with van der Waals surface area (Å²) < 4.78 is 26.7. The average molecular weight is 309 g/mol. The number of fused-ring (bicyclic) bond motifs is 1. The van der Waals surface area contributed by atoms with Gasteiger partial charge in [0.2, 0.25) is 10.0 Å². The summed E-state index contributed by atoms with van der Waals surface area (Å²) in [4.78, 5) is 18.3. The van der Waals surface area contributed by atoms with Gasteiger partial charge < -0.3 is 10.1 Å². The SMILES string of the molecule is O=C(O)[C@@H]1CCCCN1S(=O)(=O)c1c[nH]c2ncccc12. The van der Waals surface area contributed by atoms with Gasteiger partial charge >= 0.3 is 5.97 Å². The number of sulfonamides is 1. The standard InChI is InChI=1S/C13H15N3O4S/c17-13(18)10-5-1-2-7-16(10)21(19,20)11-8-15-12-9(11)4-3-6-14-12/h3-4,6,8,10H,1-2,5,7H2,(H,14,15)(H,17,18)/t10-/m0/s1. The number of pyridine rings is 1. The second-order valence-electron chi connectivity index (χ2n) is 5.02. The molecule has 1 aliphatic heterocycles. The molecule has 2 N–H and O–H groups in total. The number of carboxylic acids is 1. The molecule has 0 spiro atoms. The van der Waals surface area contributed by atoms with Crippen LogP contribution in [0.2, 0.25) is 0 Å². The third-order valence-corrected chi connectivity index (χ3v) is 5.69. The van der Waals surface area contributed by atoms with Crippen molar-refractivity contribution in [3.05, 3.63) is 24.5 Å². The maximum Gasteiger partial charge on any atom is 0.322 e. The number of carboxylic acid groups (broad SMARTS) is 1. The Morgan fingerprint density at radius 2 is 2.24 bits per heavy atom. The fraction of sp³-hybridized carbons (Fsp3) is 0.385. The number of rotatable bonds is 3. The van der Waals surface area contributed by atoms with E-state index in [2.05, 4.69) is 9.97 Å². The van der Waals surface area contributed by atoms with E-state index >= 15 is 0 Å². The number of hydrogen-bond donors (Lipinski definition) is 2. The number of aliphatic carboxylic acids is 1. The second kappa shape index (κ2) is 5.12. The van der Waals surface area contributed by atoms with Crippen LogP contribution >= 0.6 is 0 Å². The predicted octanol–water partition coefficient (Wildman–Crippen LogP) is 1.19. The number of aromatic nitrogens is 2. The highest BCUT2D eigenvalue weighted by Gasteiger charge is 2.38. The van der Waals surface area contributed by atoms with E-state index < -0.39 is 22.0 Å². The molecule has 112 valence electrons. The van der Waals surface area contributed by atoms with E-state index in [-0.39, 0.29) is 11.4 Å². The van der Waals surface area contributed by atoms with Crippen molar-refractivity contribution in [1.82, 2.24) is 14.3 Å². The van der Waals surface area contributed by atoms with Crippen molar-refractivity contribution in [2.75, 3.05) is 6.54 Å². The van der Waals surface area contributed by atoms with E-state index in [0.29, 0.717) is 23.9 Å². The van der Waals surface area contributed by atoms with Crippen LogP contribution in [0.5, 0.6) is 0 Å². The lowest BCUT2D eigenvalue weighted by molar-refractivity contribution is -0.142. The van der Waals surface area contributed by atoms with Crippen LogP contribution in [0.15, 0.2) is 29.4 Å². The fourth-order valence-electron chi connectivity index (χ4n) is 2.71. The summed E-state index contributed by atoms with van der Waals surface area (Å²) >= 11 is 0. The lowest BCUT2D eigenvalue weighted by atomic mass is 10.1. The molecule has 0 saturated carbocycles. The molecule has 1 atom stereocenters. The summed E-state index contributed by atoms with van der Waals surface area (Å²) in [6.45, 7) is 0.228. The summed E-state index contributed by atoms with van der Waals surface area (Å²) in [6, 6.07) is 2.32. The van der Waals surface area contributed by atoms with Crippen LogP contribution in [-0.4, -0.2) is 46.4 Å². The first-order valence-electron chi connectivity index (χ1n) is 6.68. The first-order chi connectivity index (χ1) is 10.0. The maximum absolute atomic E-state index is 12.8. The normalized spacial score (nSPS) is 20.7. The summed E-state index contributed by atoms with van der Waals surface area (Å²) in [6.07, 6.45) is 4.67. The third kappa shape index (κ3) is 2.30. The van der Waals surface area contributed by atoms with Gasteiger partial charge in [0.25, 0.3) is 0 Å². The summed E-state index contributed by atoms with van der Waals surface area (Å²) in [5.74, 6) is -1.10. The van der Waals surface area contributed by atoms with Crippen LogP contribution in [0.4, 0.5) is 0 Å². The van der Waals surface area contributed by atoms with E-state index in [1.165, 1.54) is 6.20 Å². The zero-order valence-corrected chi connectivity index (χ0v) is 12.0. The minimum absolute atomic E-state index is 0.0822. The Morgan fingerprint density at radius 1 is 1.43 bits per heavy atom. The van der Waals surface area contributed by atoms with Crippen LogP contribution in [0, 0.1) is 0 Å². The predicted molar refractivity (Wildman–Crippen MR) is 75.3 cm³/mol. The number of hydrogen-bond acceptors (Lipinski definition) is 4. The van der Waals surface area contributed by atoms with Crippen molar-refractivity contribution in [2.24, 2.45) is 0 Å². The zero-order valence-electron chi connectivity index (χ0n) is 11.2. The fourth-order valence-corrected chi connectivity index (χ4v) is 4.51. The van der Waals surface area contributed by atoms with Gasteiger partial charge in [-0.25, -0.2) is 13.4 Å². The molecule has 1 fully saturated rings. The zero-order chi connectivity index (χ0) is 15.0. The Kier molecular flexibility index (Phi) is 3.42. The van der Waals surface area contributed by atoms with Gasteiger partial charge in [0.15, 0.2) is 0 Å². The molecule has 2 aromatic rings. The van der Waals surface area contributed by atoms with Crippen LogP contribution in [0.1, 0.15) is 19.3 Å². The molecular formula is C13H15N3O4S. The Balaban J connectivity index is 2.09. The topological polar surface area (TPSA) is 103 Å². The van der Waals surface area contributed by atoms with Crippen molar-refractivity contribution in [2.45, 2.75) is 30.2 Å². The summed E-state index contributed by atoms with van der Waals surface area (Å²) in [5.41, 5.74) is 0.472. The van der Waals surface area contributed by atoms with Gasteiger partial charge in [-0.1, -0.05) is 0 Å². The molecule has 0 aromatic carbocycles. The summed E-state index contributed by atoms with van der Waals surface area (Å²) in [5, 5.41) is 9.74. The van der Waals surface area contributed by atoms with Gasteiger partial charge in [0.05, 0.1) is 0 Å². The maximum atomic E-state index is 12.8. The van der Waals surface area contributed by atoms with Gasteiger partial charge in [0.1, 0.15) is 16.6 Å². The first kappa shape index (κ1) is 14.0. The Labute approximate surface area is 121 Å². The molecule has 21 heavy (non-hydrogen) atoms. The molecule has 3 heterocycles. The molecule has 0 bridgehead atoms. The molecular weight excluding hydrogens is 294 g/mol. The molecule has 0 radical (unpaired) electrons. The number of nitrogens with one attached hydrogen (secondary N) is 1. The molecule has 0 unspecified atom stereocenters. The van der Waals surface area contributed by atoms with Gasteiger partial charge in [-0.3, -0.25) is 4.79 Å². The first-order valence-corrected chi connectivity index (χ1v) is 8.12. The van der Waals surface area contributed by atoms with Crippen molar-refractivity contribution in [3.63, 3.8) is 0 Å². The van der Waals surface area contributed by atoms with E-state index in [4.69, 9.17) is 0 Å². The number of nitrogens with zero attached hydrogens (tertiary/aromatic N) is 2. The van der Waals surface area contributed by atoms with Crippen LogP contribution in [-0.2, 0) is 14.8 Å². The van der Waals surface area contributed by atoms with Crippen molar-refractivity contribution >= 4 is 27.0 Å². The minimum atomic E-state index is -3.86. The molecule has 0 amide bonds. The number of H-pyrrole nitrogens is 1. The second-order valence-corrected chi connectivity index (χ2v) is 6.88. The molecule has 2 aromatic heterocycles. The summed E-state index contributed by atoms with van der Waals surface area (Å²) in [7, 11) is -3.86. The molecule has 1 saturated heterocycles. The molecule has 3 rings (SSSR count). The van der Waals surface area contributed by atoms with E-state index in [9.17, 15) is 18.3 Å². The lowest BCUT2D eigenvalue weighted by Gasteiger charge is -2.31. The largest absolute Gasteiger partial charge is 0.480 e. The average Bonchev–Trinajstić information content (AvgIpc) is 2.92. The van der Waals surface area contributed by atoms with E-state index in [1.807, 2.05) is 0 Å². The minimum Gasteiger partial charge on any atom is -0.480 e. The smallest absolute Gasteiger partial charge is 0.322 e. The van der Waals surface area contributed by atoms with E-state index in [0.717, 1.165) is 10.7 Å². The third-order valence-electron chi connectivity index (χ3n) is 3.74. The highest BCUT2D eigenvalue weighted by molar-refractivity contribution is 7.89. The van der Waals surface area contributed by atoms with Crippen molar-refractivity contribution in [1.29, 1.82) is 0 Å². The number of piperidine rings is 1. The monoisotopic (exact) mass is 309 g/mol. The quantitative estimate of drug-likeness (QED) is 0.886. The van der Waals surface area contributed by atoms with Crippen LogP contribution in [0.3, 0.4) is 0 Å². The lowest BCUT2D eigenvalue weighted by Crippen LogP contribution is -2.47. The van der Waals surface area contributed by atoms with E-state index in [1.54, 1.807) is 18.3 Å².